The number of H-pyrrole nitrogens is 1. The fraction of sp³-hybridized carbons (Fsp3) is 0.308. The molecule has 5 rings (SSSR count). The van der Waals surface area contributed by atoms with E-state index in [1.807, 2.05) is 24.3 Å². The highest BCUT2D eigenvalue weighted by atomic mass is 16.3. The number of nitrogens with one attached hydrogen (secondary N) is 1. The van der Waals surface area contributed by atoms with Crippen LogP contribution in [-0.4, -0.2) is 81.0 Å². The van der Waals surface area contributed by atoms with Crippen molar-refractivity contribution in [2.75, 3.05) is 44.7 Å². The molecule has 4 heterocycles. The lowest BCUT2D eigenvalue weighted by Crippen LogP contribution is -2.44. The molecule has 1 aliphatic rings. The molecule has 1 aliphatic heterocycles. The monoisotopic (exact) mass is 472 g/mol. The number of nitrogens with zero attached hydrogens (tertiary/aromatic N) is 5. The molecule has 4 aromatic rings. The number of pyridine rings is 2. The summed E-state index contributed by atoms with van der Waals surface area (Å²) < 4.78 is 0. The maximum Gasteiger partial charge on any atom is 0.258 e. The van der Waals surface area contributed by atoms with Crippen LogP contribution in [0.3, 0.4) is 0 Å². The highest BCUT2D eigenvalue weighted by Crippen LogP contribution is 2.29. The molecular formula is C26H28N6O3. The lowest BCUT2D eigenvalue weighted by Gasteiger charge is -2.34. The first-order valence-electron chi connectivity index (χ1n) is 11.7. The number of benzene rings is 1. The maximum absolute atomic E-state index is 13.0. The van der Waals surface area contributed by atoms with Crippen molar-refractivity contribution in [1.82, 2.24) is 24.8 Å². The Balaban J connectivity index is 1.58. The Morgan fingerprint density at radius 1 is 1.06 bits per heavy atom. The Morgan fingerprint density at radius 3 is 2.51 bits per heavy atom. The highest BCUT2D eigenvalue weighted by Gasteiger charge is 2.18. The van der Waals surface area contributed by atoms with Crippen molar-refractivity contribution in [2.24, 2.45) is 0 Å². The van der Waals surface area contributed by atoms with Crippen molar-refractivity contribution in [3.05, 3.63) is 71.0 Å². The van der Waals surface area contributed by atoms with Crippen LogP contribution in [-0.2, 0) is 6.42 Å². The first-order valence-corrected chi connectivity index (χ1v) is 11.7. The molecule has 9 nitrogen and oxygen atoms in total. The van der Waals surface area contributed by atoms with Gasteiger partial charge in [0.1, 0.15) is 11.3 Å². The van der Waals surface area contributed by atoms with Gasteiger partial charge >= 0.3 is 0 Å². The first-order chi connectivity index (χ1) is 17.0. The molecule has 3 N–H and O–H groups in total. The molecule has 0 radical (unpaired) electrons. The van der Waals surface area contributed by atoms with Gasteiger partial charge in [0.2, 0.25) is 0 Å². The number of aliphatic hydroxyl groups excluding tert-OH is 2. The minimum Gasteiger partial charge on any atom is -0.394 e. The molecule has 0 amide bonds. The molecule has 0 spiro atoms. The van der Waals surface area contributed by atoms with Crippen molar-refractivity contribution >= 4 is 16.6 Å². The lowest BCUT2D eigenvalue weighted by atomic mass is 10.0. The van der Waals surface area contributed by atoms with Gasteiger partial charge in [-0.25, -0.2) is 9.97 Å². The van der Waals surface area contributed by atoms with Crippen LogP contribution in [0.1, 0.15) is 5.82 Å². The molecule has 0 aliphatic carbocycles. The molecular weight excluding hydrogens is 444 g/mol. The minimum absolute atomic E-state index is 0.0314. The molecule has 9 heteroatoms. The second kappa shape index (κ2) is 9.91. The summed E-state index contributed by atoms with van der Waals surface area (Å²) in [6, 6.07) is 13.7. The summed E-state index contributed by atoms with van der Waals surface area (Å²) >= 11 is 0. The molecule has 1 saturated heterocycles. The summed E-state index contributed by atoms with van der Waals surface area (Å²) in [5, 5.41) is 19.4. The van der Waals surface area contributed by atoms with Gasteiger partial charge in [-0.3, -0.25) is 9.78 Å². The number of hydrogen-bond acceptors (Lipinski definition) is 8. The van der Waals surface area contributed by atoms with E-state index in [-0.39, 0.29) is 12.0 Å². The van der Waals surface area contributed by atoms with Crippen LogP contribution in [0.25, 0.3) is 33.4 Å². The quantitative estimate of drug-likeness (QED) is 0.388. The summed E-state index contributed by atoms with van der Waals surface area (Å²) in [5.74, 6) is 0.292. The number of fused-ring (bicyclic) bond motifs is 1. The van der Waals surface area contributed by atoms with E-state index in [2.05, 4.69) is 43.9 Å². The van der Waals surface area contributed by atoms with Gasteiger partial charge in [-0.15, -0.1) is 0 Å². The van der Waals surface area contributed by atoms with Crippen molar-refractivity contribution in [3.63, 3.8) is 0 Å². The number of likely N-dealkylation sites (N-methyl/N-ethyl adjacent to an activating group) is 1. The Morgan fingerprint density at radius 2 is 1.83 bits per heavy atom. The number of hydrogen-bond donors (Lipinski definition) is 3. The van der Waals surface area contributed by atoms with Crippen LogP contribution < -0.4 is 10.5 Å². The second-order valence-electron chi connectivity index (χ2n) is 8.88. The summed E-state index contributed by atoms with van der Waals surface area (Å²) in [7, 11) is 2.14. The van der Waals surface area contributed by atoms with Gasteiger partial charge in [-0.05, 0) is 37.4 Å². The van der Waals surface area contributed by atoms with Gasteiger partial charge in [-0.2, -0.15) is 0 Å². The van der Waals surface area contributed by atoms with E-state index < -0.39 is 12.7 Å². The van der Waals surface area contributed by atoms with E-state index in [0.717, 1.165) is 37.3 Å². The predicted molar refractivity (Wildman–Crippen MR) is 135 cm³/mol. The molecule has 3 aromatic heterocycles. The van der Waals surface area contributed by atoms with E-state index in [4.69, 9.17) is 4.98 Å². The molecule has 35 heavy (non-hydrogen) atoms. The standard InChI is InChI=1S/C26H28N6O3/c1-31-9-11-32(12-10-31)19-6-4-17(5-7-19)22-14-21-25(24(28-22)18-3-2-8-27-15-18)29-23(30-26(21)35)13-20(34)16-33/h2-8,14-15,20,33-34H,9-13,16H2,1H3,(H,29,30,35). The average Bonchev–Trinajstić information content (AvgIpc) is 2.89. The van der Waals surface area contributed by atoms with E-state index in [9.17, 15) is 15.0 Å². The number of aliphatic hydroxyl groups is 2. The molecule has 180 valence electrons. The topological polar surface area (TPSA) is 118 Å². The predicted octanol–water partition coefficient (Wildman–Crippen LogP) is 1.69. The minimum atomic E-state index is -1.01. The van der Waals surface area contributed by atoms with Crippen molar-refractivity contribution in [3.8, 4) is 22.5 Å². The fourth-order valence-electron chi connectivity index (χ4n) is 4.33. The number of rotatable bonds is 6. The van der Waals surface area contributed by atoms with Crippen LogP contribution in [0.15, 0.2) is 59.7 Å². The van der Waals surface area contributed by atoms with Gasteiger partial charge in [0.05, 0.1) is 29.5 Å². The van der Waals surface area contributed by atoms with Crippen molar-refractivity contribution in [2.45, 2.75) is 12.5 Å². The van der Waals surface area contributed by atoms with Gasteiger partial charge in [0, 0.05) is 61.8 Å². The molecule has 1 aromatic carbocycles. The zero-order valence-corrected chi connectivity index (χ0v) is 19.6. The van der Waals surface area contributed by atoms with E-state index in [1.165, 1.54) is 5.69 Å². The zero-order valence-electron chi connectivity index (χ0n) is 19.6. The Labute approximate surface area is 202 Å². The van der Waals surface area contributed by atoms with Crippen LogP contribution >= 0.6 is 0 Å². The number of piperazine rings is 1. The highest BCUT2D eigenvalue weighted by molar-refractivity contribution is 5.93. The summed E-state index contributed by atoms with van der Waals surface area (Å²) in [5.41, 5.74) is 4.12. The van der Waals surface area contributed by atoms with Crippen LogP contribution in [0.2, 0.25) is 0 Å². The van der Waals surface area contributed by atoms with Crippen molar-refractivity contribution < 1.29 is 10.2 Å². The molecule has 1 atom stereocenters. The molecule has 0 bridgehead atoms. The van der Waals surface area contributed by atoms with Crippen LogP contribution in [0.5, 0.6) is 0 Å². The third-order valence-electron chi connectivity index (χ3n) is 6.35. The SMILES string of the molecule is CN1CCN(c2ccc(-c3cc4c(=O)[nH]c(CC(O)CO)nc4c(-c4cccnc4)n3)cc2)CC1. The van der Waals surface area contributed by atoms with Gasteiger partial charge < -0.3 is 25.0 Å². The lowest BCUT2D eigenvalue weighted by molar-refractivity contribution is 0.0939. The second-order valence-corrected chi connectivity index (χ2v) is 8.88. The average molecular weight is 473 g/mol. The summed E-state index contributed by atoms with van der Waals surface area (Å²) in [6.45, 7) is 3.64. The Kier molecular flexibility index (Phi) is 6.54. The third kappa shape index (κ3) is 4.93. The number of aromatic amines is 1. The number of anilines is 1. The summed E-state index contributed by atoms with van der Waals surface area (Å²) in [6.07, 6.45) is 2.38. The molecule has 0 saturated carbocycles. The maximum atomic E-state index is 13.0. The van der Waals surface area contributed by atoms with E-state index in [1.54, 1.807) is 18.5 Å². The van der Waals surface area contributed by atoms with Gasteiger partial charge in [0.25, 0.3) is 5.56 Å². The van der Waals surface area contributed by atoms with Gasteiger partial charge in [-0.1, -0.05) is 12.1 Å². The first kappa shape index (κ1) is 23.1. The third-order valence-corrected chi connectivity index (χ3v) is 6.35. The summed E-state index contributed by atoms with van der Waals surface area (Å²) in [4.78, 5) is 34.1. The van der Waals surface area contributed by atoms with Crippen molar-refractivity contribution in [1.29, 1.82) is 0 Å². The van der Waals surface area contributed by atoms with Gasteiger partial charge in [0.15, 0.2) is 0 Å². The number of aromatic nitrogens is 4. The fourth-order valence-corrected chi connectivity index (χ4v) is 4.33. The van der Waals surface area contributed by atoms with Crippen LogP contribution in [0.4, 0.5) is 5.69 Å². The molecule has 1 unspecified atom stereocenters. The normalized spacial score (nSPS) is 15.5. The largest absolute Gasteiger partial charge is 0.394 e. The smallest absolute Gasteiger partial charge is 0.258 e. The van der Waals surface area contributed by atoms with Crippen LogP contribution in [0, 0.1) is 0 Å². The Hall–Kier alpha value is -3.66. The Bertz CT molecular complexity index is 1370. The van der Waals surface area contributed by atoms with E-state index >= 15 is 0 Å². The molecule has 1 fully saturated rings. The zero-order chi connectivity index (χ0) is 24.4. The van der Waals surface area contributed by atoms with E-state index in [0.29, 0.717) is 28.1 Å².